The average Bonchev–Trinajstić information content (AvgIpc) is 2.22. The minimum atomic E-state index is 0.318. The summed E-state index contributed by atoms with van der Waals surface area (Å²) in [5.74, 6) is 0.318. The number of nitrogens with zero attached hydrogens (tertiary/aromatic N) is 2. The second kappa shape index (κ2) is 4.65. The highest BCUT2D eigenvalue weighted by Gasteiger charge is 2.26. The SMILES string of the molecule is Cc1ccc(O)c(CN2CCCC(C)(C)C2)n1. The Morgan fingerprint density at radius 3 is 2.88 bits per heavy atom. The Hall–Kier alpha value is -1.09. The van der Waals surface area contributed by atoms with Crippen LogP contribution >= 0.6 is 0 Å². The largest absolute Gasteiger partial charge is 0.506 e. The zero-order valence-corrected chi connectivity index (χ0v) is 11.0. The number of pyridine rings is 1. The molecule has 2 heterocycles. The molecule has 1 aromatic heterocycles. The van der Waals surface area contributed by atoms with Crippen LogP contribution in [0.1, 0.15) is 38.1 Å². The Morgan fingerprint density at radius 2 is 2.18 bits per heavy atom. The van der Waals surface area contributed by atoms with Crippen LogP contribution < -0.4 is 0 Å². The molecular weight excluding hydrogens is 212 g/mol. The smallest absolute Gasteiger partial charge is 0.138 e. The molecule has 3 nitrogen and oxygen atoms in total. The van der Waals surface area contributed by atoms with E-state index in [0.717, 1.165) is 31.0 Å². The standard InChI is InChI=1S/C14H22N2O/c1-11-5-6-13(17)12(15-11)9-16-8-4-7-14(2,3)10-16/h5-6,17H,4,7-10H2,1-3H3. The van der Waals surface area contributed by atoms with Gasteiger partial charge < -0.3 is 5.11 Å². The van der Waals surface area contributed by atoms with Gasteiger partial charge in [0.2, 0.25) is 0 Å². The second-order valence-corrected chi connectivity index (χ2v) is 5.90. The summed E-state index contributed by atoms with van der Waals surface area (Å²) in [5, 5.41) is 9.81. The Morgan fingerprint density at radius 1 is 1.41 bits per heavy atom. The summed E-state index contributed by atoms with van der Waals surface area (Å²) in [4.78, 5) is 6.82. The topological polar surface area (TPSA) is 36.4 Å². The average molecular weight is 234 g/mol. The molecule has 0 saturated carbocycles. The van der Waals surface area contributed by atoms with Gasteiger partial charge in [-0.3, -0.25) is 9.88 Å². The first-order valence-electron chi connectivity index (χ1n) is 6.34. The summed E-state index contributed by atoms with van der Waals surface area (Å²) in [6.07, 6.45) is 2.52. The first-order chi connectivity index (χ1) is 7.96. The highest BCUT2D eigenvalue weighted by atomic mass is 16.3. The van der Waals surface area contributed by atoms with Gasteiger partial charge in [-0.1, -0.05) is 13.8 Å². The van der Waals surface area contributed by atoms with Gasteiger partial charge in [0.1, 0.15) is 5.75 Å². The van der Waals surface area contributed by atoms with Crippen molar-refractivity contribution >= 4 is 0 Å². The van der Waals surface area contributed by atoms with Gasteiger partial charge >= 0.3 is 0 Å². The van der Waals surface area contributed by atoms with E-state index in [1.54, 1.807) is 6.07 Å². The maximum absolute atomic E-state index is 9.81. The summed E-state index contributed by atoms with van der Waals surface area (Å²) >= 11 is 0. The molecule has 0 aromatic carbocycles. The maximum Gasteiger partial charge on any atom is 0.138 e. The van der Waals surface area contributed by atoms with Crippen molar-refractivity contribution in [3.63, 3.8) is 0 Å². The van der Waals surface area contributed by atoms with Crippen LogP contribution in [0.3, 0.4) is 0 Å². The third-order valence-corrected chi connectivity index (χ3v) is 3.44. The lowest BCUT2D eigenvalue weighted by Gasteiger charge is -2.37. The molecule has 0 radical (unpaired) electrons. The molecular formula is C14H22N2O. The quantitative estimate of drug-likeness (QED) is 0.854. The minimum absolute atomic E-state index is 0.318. The van der Waals surface area contributed by atoms with E-state index >= 15 is 0 Å². The molecule has 1 aromatic rings. The van der Waals surface area contributed by atoms with Crippen LogP contribution in [-0.4, -0.2) is 28.1 Å². The Kier molecular flexibility index (Phi) is 3.38. The van der Waals surface area contributed by atoms with Crippen LogP contribution in [0.5, 0.6) is 5.75 Å². The summed E-state index contributed by atoms with van der Waals surface area (Å²) in [6, 6.07) is 3.59. The molecule has 0 amide bonds. The van der Waals surface area contributed by atoms with E-state index in [9.17, 15) is 5.11 Å². The zero-order valence-electron chi connectivity index (χ0n) is 11.0. The molecule has 2 rings (SSSR count). The van der Waals surface area contributed by atoms with Gasteiger partial charge in [0.25, 0.3) is 0 Å². The molecule has 1 saturated heterocycles. The number of aromatic hydroxyl groups is 1. The van der Waals surface area contributed by atoms with Crippen LogP contribution in [0, 0.1) is 12.3 Å². The van der Waals surface area contributed by atoms with E-state index in [-0.39, 0.29) is 0 Å². The fraction of sp³-hybridized carbons (Fsp3) is 0.643. The van der Waals surface area contributed by atoms with Crippen molar-refractivity contribution in [1.82, 2.24) is 9.88 Å². The Labute approximate surface area is 103 Å². The monoisotopic (exact) mass is 234 g/mol. The number of aromatic nitrogens is 1. The third-order valence-electron chi connectivity index (χ3n) is 3.44. The molecule has 0 spiro atoms. The molecule has 0 aliphatic carbocycles. The lowest BCUT2D eigenvalue weighted by atomic mass is 9.84. The van der Waals surface area contributed by atoms with E-state index < -0.39 is 0 Å². The van der Waals surface area contributed by atoms with E-state index in [2.05, 4.69) is 23.7 Å². The van der Waals surface area contributed by atoms with Gasteiger partial charge in [0, 0.05) is 18.8 Å². The number of rotatable bonds is 2. The van der Waals surface area contributed by atoms with Crippen LogP contribution in [0.2, 0.25) is 0 Å². The van der Waals surface area contributed by atoms with E-state index in [0.29, 0.717) is 11.2 Å². The fourth-order valence-corrected chi connectivity index (χ4v) is 2.61. The van der Waals surface area contributed by atoms with Crippen LogP contribution in [-0.2, 0) is 6.54 Å². The van der Waals surface area contributed by atoms with Crippen molar-refractivity contribution in [2.24, 2.45) is 5.41 Å². The van der Waals surface area contributed by atoms with E-state index in [1.165, 1.54) is 12.8 Å². The van der Waals surface area contributed by atoms with Crippen molar-refractivity contribution in [2.75, 3.05) is 13.1 Å². The molecule has 1 aliphatic rings. The summed E-state index contributed by atoms with van der Waals surface area (Å²) in [5.41, 5.74) is 2.16. The summed E-state index contributed by atoms with van der Waals surface area (Å²) in [7, 11) is 0. The summed E-state index contributed by atoms with van der Waals surface area (Å²) in [6.45, 7) is 9.53. The van der Waals surface area contributed by atoms with E-state index in [4.69, 9.17) is 0 Å². The second-order valence-electron chi connectivity index (χ2n) is 5.90. The maximum atomic E-state index is 9.81. The van der Waals surface area contributed by atoms with Crippen LogP contribution in [0.4, 0.5) is 0 Å². The van der Waals surface area contributed by atoms with Crippen molar-refractivity contribution in [3.8, 4) is 5.75 Å². The number of likely N-dealkylation sites (tertiary alicyclic amines) is 1. The highest BCUT2D eigenvalue weighted by Crippen LogP contribution is 2.29. The van der Waals surface area contributed by atoms with Gasteiger partial charge in [0.15, 0.2) is 0 Å². The third kappa shape index (κ3) is 3.19. The van der Waals surface area contributed by atoms with Gasteiger partial charge in [-0.15, -0.1) is 0 Å². The molecule has 1 fully saturated rings. The van der Waals surface area contributed by atoms with Gasteiger partial charge in [-0.25, -0.2) is 0 Å². The van der Waals surface area contributed by atoms with Gasteiger partial charge in [-0.2, -0.15) is 0 Å². The Balaban J connectivity index is 2.07. The normalized spacial score (nSPS) is 20.4. The van der Waals surface area contributed by atoms with Crippen molar-refractivity contribution in [3.05, 3.63) is 23.5 Å². The Bertz CT molecular complexity index is 401. The molecule has 1 aliphatic heterocycles. The predicted octanol–water partition coefficient (Wildman–Crippen LogP) is 2.72. The molecule has 1 N–H and O–H groups in total. The number of hydrogen-bond donors (Lipinski definition) is 1. The lowest BCUT2D eigenvalue weighted by molar-refractivity contribution is 0.109. The summed E-state index contributed by atoms with van der Waals surface area (Å²) < 4.78 is 0. The lowest BCUT2D eigenvalue weighted by Crippen LogP contribution is -2.39. The van der Waals surface area contributed by atoms with E-state index in [1.807, 2.05) is 13.0 Å². The molecule has 0 unspecified atom stereocenters. The van der Waals surface area contributed by atoms with Crippen LogP contribution in [0.15, 0.2) is 12.1 Å². The molecule has 17 heavy (non-hydrogen) atoms. The van der Waals surface area contributed by atoms with Crippen molar-refractivity contribution < 1.29 is 5.11 Å². The fourth-order valence-electron chi connectivity index (χ4n) is 2.61. The first-order valence-corrected chi connectivity index (χ1v) is 6.34. The number of hydrogen-bond acceptors (Lipinski definition) is 3. The number of aryl methyl sites for hydroxylation is 1. The van der Waals surface area contributed by atoms with Gasteiger partial charge in [0.05, 0.1) is 5.69 Å². The zero-order chi connectivity index (χ0) is 12.5. The predicted molar refractivity (Wildman–Crippen MR) is 68.9 cm³/mol. The molecule has 0 bridgehead atoms. The van der Waals surface area contributed by atoms with Gasteiger partial charge in [-0.05, 0) is 43.9 Å². The highest BCUT2D eigenvalue weighted by molar-refractivity contribution is 5.27. The molecule has 0 atom stereocenters. The van der Waals surface area contributed by atoms with Crippen LogP contribution in [0.25, 0.3) is 0 Å². The van der Waals surface area contributed by atoms with Crippen molar-refractivity contribution in [1.29, 1.82) is 0 Å². The number of piperidine rings is 1. The first kappa shape index (κ1) is 12.4. The molecule has 3 heteroatoms. The van der Waals surface area contributed by atoms with Crippen molar-refractivity contribution in [2.45, 2.75) is 40.2 Å². The minimum Gasteiger partial charge on any atom is -0.506 e. The molecule has 94 valence electrons.